The Hall–Kier alpha value is -1.84. The highest BCUT2D eigenvalue weighted by molar-refractivity contribution is 7.99. The van der Waals surface area contributed by atoms with Gasteiger partial charge in [0.2, 0.25) is 15.9 Å². The van der Waals surface area contributed by atoms with Crippen LogP contribution in [0.4, 0.5) is 0 Å². The summed E-state index contributed by atoms with van der Waals surface area (Å²) in [5.41, 5.74) is 2.91. The number of thioether (sulfide) groups is 1. The Morgan fingerprint density at radius 3 is 2.48 bits per heavy atom. The van der Waals surface area contributed by atoms with Crippen molar-refractivity contribution in [3.8, 4) is 0 Å². The minimum atomic E-state index is -3.53. The number of nitrogens with zero attached hydrogens (tertiary/aromatic N) is 3. The second-order valence-corrected chi connectivity index (χ2v) is 10.2. The average molecular weight is 438 g/mol. The Balaban J connectivity index is 1.55. The van der Waals surface area contributed by atoms with Crippen molar-refractivity contribution in [2.45, 2.75) is 37.8 Å². The van der Waals surface area contributed by atoms with Crippen LogP contribution >= 0.6 is 11.8 Å². The van der Waals surface area contributed by atoms with Gasteiger partial charge in [-0.1, -0.05) is 22.9 Å². The van der Waals surface area contributed by atoms with Gasteiger partial charge >= 0.3 is 0 Å². The Kier molecular flexibility index (Phi) is 7.02. The van der Waals surface area contributed by atoms with Crippen molar-refractivity contribution < 1.29 is 17.7 Å². The van der Waals surface area contributed by atoms with Crippen LogP contribution in [-0.4, -0.2) is 60.6 Å². The Labute approximate surface area is 176 Å². The normalized spacial score (nSPS) is 16.0. The van der Waals surface area contributed by atoms with Crippen LogP contribution in [-0.2, 0) is 20.6 Å². The minimum Gasteiger partial charge on any atom is -0.361 e. The molecule has 0 saturated carbocycles. The highest BCUT2D eigenvalue weighted by Crippen LogP contribution is 2.21. The van der Waals surface area contributed by atoms with E-state index in [0.29, 0.717) is 49.0 Å². The summed E-state index contributed by atoms with van der Waals surface area (Å²) in [4.78, 5) is 14.7. The molecule has 1 aromatic carbocycles. The van der Waals surface area contributed by atoms with E-state index in [2.05, 4.69) is 5.16 Å². The largest absolute Gasteiger partial charge is 0.361 e. The highest BCUT2D eigenvalue weighted by atomic mass is 32.2. The standard InChI is InChI=1S/C20H27N3O4S2/c1-15-5-7-18(8-6-15)29(25,26)23-10-4-9-22(11-12-23)20(24)14-28-13-19-16(2)21-27-17(19)3/h5-8H,4,9-14H2,1-3H3. The molecule has 158 valence electrons. The summed E-state index contributed by atoms with van der Waals surface area (Å²) in [5.74, 6) is 1.86. The van der Waals surface area contributed by atoms with Crippen molar-refractivity contribution >= 4 is 27.7 Å². The molecule has 0 atom stereocenters. The van der Waals surface area contributed by atoms with Crippen molar-refractivity contribution in [2.75, 3.05) is 31.9 Å². The maximum absolute atomic E-state index is 12.9. The van der Waals surface area contributed by atoms with E-state index in [4.69, 9.17) is 4.52 Å². The quantitative estimate of drug-likeness (QED) is 0.691. The first-order valence-electron chi connectivity index (χ1n) is 9.63. The number of hydrogen-bond donors (Lipinski definition) is 0. The first-order valence-corrected chi connectivity index (χ1v) is 12.2. The summed E-state index contributed by atoms with van der Waals surface area (Å²) < 4.78 is 32.4. The average Bonchev–Trinajstić information content (AvgIpc) is 2.89. The summed E-state index contributed by atoms with van der Waals surface area (Å²) in [5, 5.41) is 3.93. The molecule has 1 aliphatic rings. The Morgan fingerprint density at radius 1 is 1.10 bits per heavy atom. The van der Waals surface area contributed by atoms with E-state index >= 15 is 0 Å². The van der Waals surface area contributed by atoms with Crippen molar-refractivity contribution in [3.05, 3.63) is 46.8 Å². The third-order valence-corrected chi connectivity index (χ3v) is 7.98. The van der Waals surface area contributed by atoms with Crippen molar-refractivity contribution in [1.82, 2.24) is 14.4 Å². The number of carbonyl (C=O) groups is 1. The van der Waals surface area contributed by atoms with Gasteiger partial charge in [-0.3, -0.25) is 4.79 Å². The van der Waals surface area contributed by atoms with Crippen molar-refractivity contribution in [2.24, 2.45) is 0 Å². The van der Waals surface area contributed by atoms with Crippen molar-refractivity contribution in [1.29, 1.82) is 0 Å². The van der Waals surface area contributed by atoms with Crippen LogP contribution in [0.15, 0.2) is 33.7 Å². The maximum atomic E-state index is 12.9. The first-order chi connectivity index (χ1) is 13.8. The SMILES string of the molecule is Cc1ccc(S(=O)(=O)N2CCCN(C(=O)CSCc3c(C)noc3C)CC2)cc1. The van der Waals surface area contributed by atoms with Gasteiger partial charge in [-0.25, -0.2) is 8.42 Å². The molecule has 0 unspecified atom stereocenters. The molecule has 0 N–H and O–H groups in total. The molecular weight excluding hydrogens is 410 g/mol. The third-order valence-electron chi connectivity index (χ3n) is 5.12. The molecule has 1 aromatic heterocycles. The number of hydrogen-bond acceptors (Lipinski definition) is 6. The summed E-state index contributed by atoms with van der Waals surface area (Å²) in [6.07, 6.45) is 0.630. The van der Waals surface area contributed by atoms with Crippen LogP contribution in [0.2, 0.25) is 0 Å². The van der Waals surface area contributed by atoms with E-state index in [-0.39, 0.29) is 5.91 Å². The van der Waals surface area contributed by atoms with E-state index in [1.807, 2.05) is 20.8 Å². The molecule has 2 aromatic rings. The Bertz CT molecular complexity index is 935. The fourth-order valence-electron chi connectivity index (χ4n) is 3.28. The van der Waals surface area contributed by atoms with Gasteiger partial charge in [0, 0.05) is 37.5 Å². The highest BCUT2D eigenvalue weighted by Gasteiger charge is 2.28. The molecule has 1 fully saturated rings. The first kappa shape index (κ1) is 21.9. The molecule has 1 aliphatic heterocycles. The summed E-state index contributed by atoms with van der Waals surface area (Å²) >= 11 is 1.53. The lowest BCUT2D eigenvalue weighted by Gasteiger charge is -2.22. The Morgan fingerprint density at radius 2 is 1.83 bits per heavy atom. The minimum absolute atomic E-state index is 0.0383. The van der Waals surface area contributed by atoms with E-state index in [9.17, 15) is 13.2 Å². The van der Waals surface area contributed by atoms with Gasteiger partial charge in [-0.15, -0.1) is 11.8 Å². The zero-order valence-electron chi connectivity index (χ0n) is 17.1. The summed E-state index contributed by atoms with van der Waals surface area (Å²) in [6, 6.07) is 6.89. The van der Waals surface area contributed by atoms with E-state index < -0.39 is 10.0 Å². The molecule has 0 radical (unpaired) electrons. The molecule has 1 amide bonds. The lowest BCUT2D eigenvalue weighted by atomic mass is 10.2. The number of carbonyl (C=O) groups excluding carboxylic acids is 1. The van der Waals surface area contributed by atoms with Gasteiger partial charge in [0.15, 0.2) is 0 Å². The van der Waals surface area contributed by atoms with Crippen LogP contribution in [0.3, 0.4) is 0 Å². The molecule has 1 saturated heterocycles. The predicted octanol–water partition coefficient (Wildman–Crippen LogP) is 2.76. The molecule has 0 bridgehead atoms. The number of sulfonamides is 1. The smallest absolute Gasteiger partial charge is 0.243 e. The molecule has 29 heavy (non-hydrogen) atoms. The van der Waals surface area contributed by atoms with Gasteiger partial charge < -0.3 is 9.42 Å². The zero-order valence-corrected chi connectivity index (χ0v) is 18.7. The number of rotatable bonds is 6. The lowest BCUT2D eigenvalue weighted by Crippen LogP contribution is -2.38. The van der Waals surface area contributed by atoms with Gasteiger partial charge in [0.1, 0.15) is 5.76 Å². The van der Waals surface area contributed by atoms with Gasteiger partial charge in [-0.05, 0) is 39.3 Å². The van der Waals surface area contributed by atoms with Gasteiger partial charge in [0.05, 0.1) is 16.3 Å². The predicted molar refractivity (Wildman–Crippen MR) is 113 cm³/mol. The third kappa shape index (κ3) is 5.21. The zero-order chi connectivity index (χ0) is 21.0. The van der Waals surface area contributed by atoms with E-state index in [0.717, 1.165) is 22.6 Å². The molecule has 3 rings (SSSR count). The van der Waals surface area contributed by atoms with Crippen LogP contribution < -0.4 is 0 Å². The second kappa shape index (κ2) is 9.32. The molecular formula is C20H27N3O4S2. The molecule has 7 nitrogen and oxygen atoms in total. The van der Waals surface area contributed by atoms with Crippen molar-refractivity contribution in [3.63, 3.8) is 0 Å². The molecule has 2 heterocycles. The van der Waals surface area contributed by atoms with Gasteiger partial charge in [0.25, 0.3) is 0 Å². The van der Waals surface area contributed by atoms with Crippen LogP contribution in [0.5, 0.6) is 0 Å². The number of amides is 1. The second-order valence-electron chi connectivity index (χ2n) is 7.25. The lowest BCUT2D eigenvalue weighted by molar-refractivity contribution is -0.128. The molecule has 0 spiro atoms. The summed E-state index contributed by atoms with van der Waals surface area (Å²) in [7, 11) is -3.53. The van der Waals surface area contributed by atoms with Gasteiger partial charge in [-0.2, -0.15) is 4.31 Å². The monoisotopic (exact) mass is 437 g/mol. The molecule has 0 aliphatic carbocycles. The topological polar surface area (TPSA) is 83.7 Å². The maximum Gasteiger partial charge on any atom is 0.243 e. The molecule has 9 heteroatoms. The van der Waals surface area contributed by atoms with E-state index in [1.165, 1.54) is 16.1 Å². The number of benzene rings is 1. The van der Waals surface area contributed by atoms with Crippen LogP contribution in [0, 0.1) is 20.8 Å². The van der Waals surface area contributed by atoms with Crippen LogP contribution in [0.25, 0.3) is 0 Å². The van der Waals surface area contributed by atoms with E-state index in [1.54, 1.807) is 29.2 Å². The van der Waals surface area contributed by atoms with Crippen LogP contribution in [0.1, 0.15) is 29.0 Å². The summed E-state index contributed by atoms with van der Waals surface area (Å²) in [6.45, 7) is 7.42. The fraction of sp³-hybridized carbons (Fsp3) is 0.500. The number of aromatic nitrogens is 1. The fourth-order valence-corrected chi connectivity index (χ4v) is 5.83. The number of aryl methyl sites for hydroxylation is 3.